The molecule has 0 radical (unpaired) electrons. The van der Waals surface area contributed by atoms with Crippen LogP contribution in [0.25, 0.3) is 0 Å². The zero-order valence-electron chi connectivity index (χ0n) is 11.4. The average molecular weight is 258 g/mol. The molecule has 0 aliphatic carbocycles. The highest BCUT2D eigenvalue weighted by Gasteiger charge is 2.04. The second-order valence-corrected chi connectivity index (χ2v) is 4.55. The molecule has 0 saturated heterocycles. The number of hydrogen-bond acceptors (Lipinski definition) is 5. The maximum absolute atomic E-state index is 5.58. The lowest BCUT2D eigenvalue weighted by Gasteiger charge is -2.11. The van der Waals surface area contributed by atoms with Crippen molar-refractivity contribution in [2.75, 3.05) is 5.32 Å². The van der Waals surface area contributed by atoms with E-state index in [4.69, 9.17) is 4.74 Å². The van der Waals surface area contributed by atoms with Gasteiger partial charge < -0.3 is 10.1 Å². The van der Waals surface area contributed by atoms with E-state index in [9.17, 15) is 0 Å². The molecule has 1 N–H and O–H groups in total. The molecule has 2 heterocycles. The lowest BCUT2D eigenvalue weighted by atomic mass is 10.3. The van der Waals surface area contributed by atoms with E-state index in [0.29, 0.717) is 18.4 Å². The van der Waals surface area contributed by atoms with Crippen LogP contribution in [0.2, 0.25) is 0 Å². The largest absolute Gasteiger partial charge is 0.475 e. The summed E-state index contributed by atoms with van der Waals surface area (Å²) >= 11 is 0. The Bertz CT molecular complexity index is 528. The van der Waals surface area contributed by atoms with Crippen molar-refractivity contribution in [2.45, 2.75) is 33.4 Å². The predicted molar refractivity (Wildman–Crippen MR) is 74.1 cm³/mol. The number of aromatic nitrogens is 3. The average Bonchev–Trinajstić information content (AvgIpc) is 2.36. The fourth-order valence-electron chi connectivity index (χ4n) is 1.60. The molecular weight excluding hydrogens is 240 g/mol. The van der Waals surface area contributed by atoms with Crippen molar-refractivity contribution in [3.8, 4) is 5.88 Å². The number of nitrogens with one attached hydrogen (secondary N) is 1. The van der Waals surface area contributed by atoms with Gasteiger partial charge in [0.25, 0.3) is 0 Å². The van der Waals surface area contributed by atoms with Gasteiger partial charge in [-0.1, -0.05) is 6.07 Å². The van der Waals surface area contributed by atoms with Crippen molar-refractivity contribution in [2.24, 2.45) is 0 Å². The van der Waals surface area contributed by atoms with Crippen molar-refractivity contribution >= 4 is 5.95 Å². The molecule has 2 rings (SSSR count). The Morgan fingerprint density at radius 3 is 2.84 bits per heavy atom. The monoisotopic (exact) mass is 258 g/mol. The molecule has 0 fully saturated rings. The van der Waals surface area contributed by atoms with Crippen LogP contribution >= 0.6 is 0 Å². The van der Waals surface area contributed by atoms with Gasteiger partial charge in [-0.3, -0.25) is 4.98 Å². The molecular formula is C14H18N4O. The Balaban J connectivity index is 2.05. The summed E-state index contributed by atoms with van der Waals surface area (Å²) in [5.74, 6) is 1.16. The molecule has 0 bridgehead atoms. The van der Waals surface area contributed by atoms with Crippen LogP contribution in [0.15, 0.2) is 30.6 Å². The summed E-state index contributed by atoms with van der Waals surface area (Å²) in [4.78, 5) is 12.7. The summed E-state index contributed by atoms with van der Waals surface area (Å²) < 4.78 is 5.58. The maximum atomic E-state index is 5.58. The van der Waals surface area contributed by atoms with Gasteiger partial charge in [0.2, 0.25) is 11.8 Å². The first-order valence-electron chi connectivity index (χ1n) is 6.28. The van der Waals surface area contributed by atoms with Crippen LogP contribution in [0.1, 0.15) is 25.1 Å². The minimum atomic E-state index is 0.0977. The van der Waals surface area contributed by atoms with E-state index in [1.54, 1.807) is 6.20 Å². The van der Waals surface area contributed by atoms with Crippen LogP contribution in [-0.4, -0.2) is 21.1 Å². The Morgan fingerprint density at radius 2 is 2.16 bits per heavy atom. The van der Waals surface area contributed by atoms with Crippen LogP contribution in [0, 0.1) is 6.92 Å². The number of ether oxygens (including phenoxy) is 1. The Hall–Kier alpha value is -2.17. The van der Waals surface area contributed by atoms with Crippen molar-refractivity contribution < 1.29 is 4.74 Å². The highest BCUT2D eigenvalue weighted by atomic mass is 16.5. The third-order valence-electron chi connectivity index (χ3n) is 2.36. The topological polar surface area (TPSA) is 59.9 Å². The van der Waals surface area contributed by atoms with E-state index < -0.39 is 0 Å². The van der Waals surface area contributed by atoms with Gasteiger partial charge in [0.15, 0.2) is 0 Å². The molecule has 5 nitrogen and oxygen atoms in total. The fraction of sp³-hybridized carbons (Fsp3) is 0.357. The van der Waals surface area contributed by atoms with Crippen LogP contribution in [-0.2, 0) is 6.54 Å². The molecule has 0 aromatic carbocycles. The molecule has 0 saturated carbocycles. The lowest BCUT2D eigenvalue weighted by Crippen LogP contribution is -2.10. The third-order valence-corrected chi connectivity index (χ3v) is 2.36. The summed E-state index contributed by atoms with van der Waals surface area (Å²) in [6.07, 6.45) is 3.66. The standard InChI is InChI=1S/C14H18N4O/c1-10(2)19-13-7-11(3)17-14(18-13)16-9-12-5-4-6-15-8-12/h4-8,10H,9H2,1-3H3,(H,16,17,18). The molecule has 0 unspecified atom stereocenters. The van der Waals surface area contributed by atoms with E-state index in [1.165, 1.54) is 0 Å². The van der Waals surface area contributed by atoms with E-state index in [-0.39, 0.29) is 6.10 Å². The van der Waals surface area contributed by atoms with Gasteiger partial charge in [-0.05, 0) is 32.4 Å². The zero-order chi connectivity index (χ0) is 13.7. The molecule has 0 aliphatic heterocycles. The minimum Gasteiger partial charge on any atom is -0.475 e. The van der Waals surface area contributed by atoms with E-state index in [1.807, 2.05) is 45.2 Å². The first-order valence-corrected chi connectivity index (χ1v) is 6.28. The number of rotatable bonds is 5. The summed E-state index contributed by atoms with van der Waals surface area (Å²) in [7, 11) is 0. The number of pyridine rings is 1. The van der Waals surface area contributed by atoms with Crippen molar-refractivity contribution in [1.29, 1.82) is 0 Å². The Labute approximate surface area is 113 Å². The Kier molecular flexibility index (Phi) is 4.28. The second-order valence-electron chi connectivity index (χ2n) is 4.55. The molecule has 0 aliphatic rings. The SMILES string of the molecule is Cc1cc(OC(C)C)nc(NCc2cccnc2)n1. The molecule has 19 heavy (non-hydrogen) atoms. The second kappa shape index (κ2) is 6.13. The van der Waals surface area contributed by atoms with Crippen molar-refractivity contribution in [1.82, 2.24) is 15.0 Å². The van der Waals surface area contributed by atoms with Gasteiger partial charge in [0.05, 0.1) is 6.10 Å². The highest BCUT2D eigenvalue weighted by Crippen LogP contribution is 2.14. The van der Waals surface area contributed by atoms with Crippen molar-refractivity contribution in [3.05, 3.63) is 41.9 Å². The van der Waals surface area contributed by atoms with Gasteiger partial charge >= 0.3 is 0 Å². The molecule has 0 spiro atoms. The number of nitrogens with zero attached hydrogens (tertiary/aromatic N) is 3. The number of aryl methyl sites for hydroxylation is 1. The minimum absolute atomic E-state index is 0.0977. The lowest BCUT2D eigenvalue weighted by molar-refractivity contribution is 0.232. The van der Waals surface area contributed by atoms with Crippen molar-refractivity contribution in [3.63, 3.8) is 0 Å². The van der Waals surface area contributed by atoms with Gasteiger partial charge in [-0.25, -0.2) is 4.98 Å². The number of anilines is 1. The smallest absolute Gasteiger partial charge is 0.226 e. The van der Waals surface area contributed by atoms with E-state index >= 15 is 0 Å². The molecule has 0 amide bonds. The van der Waals surface area contributed by atoms with Crippen LogP contribution < -0.4 is 10.1 Å². The highest BCUT2D eigenvalue weighted by molar-refractivity contribution is 5.31. The third kappa shape index (κ3) is 4.21. The summed E-state index contributed by atoms with van der Waals surface area (Å²) in [6, 6.07) is 5.73. The van der Waals surface area contributed by atoms with E-state index in [2.05, 4.69) is 20.3 Å². The zero-order valence-corrected chi connectivity index (χ0v) is 11.4. The van der Waals surface area contributed by atoms with Gasteiger partial charge in [0, 0.05) is 30.7 Å². The maximum Gasteiger partial charge on any atom is 0.226 e. The van der Waals surface area contributed by atoms with Crippen LogP contribution in [0.4, 0.5) is 5.95 Å². The fourth-order valence-corrected chi connectivity index (χ4v) is 1.60. The first-order chi connectivity index (χ1) is 9.13. The van der Waals surface area contributed by atoms with E-state index in [0.717, 1.165) is 11.3 Å². The van der Waals surface area contributed by atoms with Gasteiger partial charge in [-0.2, -0.15) is 4.98 Å². The molecule has 2 aromatic rings. The Morgan fingerprint density at radius 1 is 1.32 bits per heavy atom. The summed E-state index contributed by atoms with van der Waals surface area (Å²) in [5, 5.41) is 3.17. The molecule has 0 atom stereocenters. The molecule has 2 aromatic heterocycles. The summed E-state index contributed by atoms with van der Waals surface area (Å²) in [5.41, 5.74) is 1.96. The van der Waals surface area contributed by atoms with Gasteiger partial charge in [0.1, 0.15) is 0 Å². The molecule has 100 valence electrons. The summed E-state index contributed by atoms with van der Waals surface area (Å²) in [6.45, 7) is 6.50. The first kappa shape index (κ1) is 13.3. The number of hydrogen-bond donors (Lipinski definition) is 1. The predicted octanol–water partition coefficient (Wildman–Crippen LogP) is 2.58. The van der Waals surface area contributed by atoms with Gasteiger partial charge in [-0.15, -0.1) is 0 Å². The van der Waals surface area contributed by atoms with Crippen LogP contribution in [0.5, 0.6) is 5.88 Å². The quantitative estimate of drug-likeness (QED) is 0.893. The normalized spacial score (nSPS) is 10.5. The van der Waals surface area contributed by atoms with Crippen LogP contribution in [0.3, 0.4) is 0 Å². The molecule has 5 heteroatoms.